The molecular weight excluding hydrogens is 292 g/mol. The van der Waals surface area contributed by atoms with Crippen LogP contribution in [-0.2, 0) is 4.79 Å². The molecule has 1 amide bonds. The largest absolute Gasteiger partial charge is 0.324 e. The van der Waals surface area contributed by atoms with Crippen molar-refractivity contribution in [2.45, 2.75) is 25.9 Å². The Morgan fingerprint density at radius 2 is 2.15 bits per heavy atom. The van der Waals surface area contributed by atoms with Gasteiger partial charge in [0.05, 0.1) is 4.34 Å². The molecule has 2 heterocycles. The summed E-state index contributed by atoms with van der Waals surface area (Å²) in [5.41, 5.74) is 3.07. The Bertz CT molecular complexity index is 668. The van der Waals surface area contributed by atoms with E-state index in [0.29, 0.717) is 0 Å². The summed E-state index contributed by atoms with van der Waals surface area (Å²) in [6, 6.07) is 9.66. The van der Waals surface area contributed by atoms with Crippen molar-refractivity contribution in [2.75, 3.05) is 5.32 Å². The Hall–Kier alpha value is -1.36. The maximum atomic E-state index is 12.1. The van der Waals surface area contributed by atoms with E-state index in [-0.39, 0.29) is 18.0 Å². The zero-order valence-electron chi connectivity index (χ0n) is 11.2. The van der Waals surface area contributed by atoms with E-state index in [4.69, 9.17) is 11.6 Å². The zero-order valence-corrected chi connectivity index (χ0v) is 12.8. The van der Waals surface area contributed by atoms with E-state index in [9.17, 15) is 4.79 Å². The fraction of sp³-hybridized carbons (Fsp3) is 0.267. The fourth-order valence-electron chi connectivity index (χ4n) is 2.44. The molecule has 2 unspecified atom stereocenters. The quantitative estimate of drug-likeness (QED) is 0.898. The lowest BCUT2D eigenvalue weighted by Crippen LogP contribution is -2.29. The van der Waals surface area contributed by atoms with Crippen molar-refractivity contribution >= 4 is 34.5 Å². The van der Waals surface area contributed by atoms with Gasteiger partial charge in [0, 0.05) is 22.2 Å². The molecule has 3 nitrogen and oxygen atoms in total. The van der Waals surface area contributed by atoms with Crippen LogP contribution in [0.2, 0.25) is 4.34 Å². The van der Waals surface area contributed by atoms with Crippen LogP contribution >= 0.6 is 22.9 Å². The summed E-state index contributed by atoms with van der Waals surface area (Å²) in [7, 11) is 0. The lowest BCUT2D eigenvalue weighted by Gasteiger charge is -2.17. The second-order valence-corrected chi connectivity index (χ2v) is 6.79. The molecule has 3 rings (SSSR count). The van der Waals surface area contributed by atoms with E-state index in [1.807, 2.05) is 38.1 Å². The number of fused-ring (bicyclic) bond motifs is 1. The molecule has 0 saturated heterocycles. The van der Waals surface area contributed by atoms with Crippen LogP contribution in [0.25, 0.3) is 0 Å². The van der Waals surface area contributed by atoms with Crippen molar-refractivity contribution in [1.82, 2.24) is 5.32 Å². The van der Waals surface area contributed by atoms with Crippen molar-refractivity contribution < 1.29 is 4.79 Å². The molecule has 0 radical (unpaired) electrons. The highest BCUT2D eigenvalue weighted by molar-refractivity contribution is 7.16. The summed E-state index contributed by atoms with van der Waals surface area (Å²) in [6.45, 7) is 4.08. The third-order valence-electron chi connectivity index (χ3n) is 3.48. The number of carbonyl (C=O) groups is 1. The number of halogens is 1. The highest BCUT2D eigenvalue weighted by Crippen LogP contribution is 2.34. The number of thiophene rings is 1. The molecule has 5 heteroatoms. The summed E-state index contributed by atoms with van der Waals surface area (Å²) < 4.78 is 0.765. The summed E-state index contributed by atoms with van der Waals surface area (Å²) >= 11 is 7.50. The zero-order chi connectivity index (χ0) is 14.3. The molecule has 0 bridgehead atoms. The highest BCUT2D eigenvalue weighted by atomic mass is 35.5. The molecule has 2 aromatic rings. The SMILES string of the molecule is Cc1ccc2c(c1)C(NC(C)c1ccc(Cl)s1)C(=O)N2. The normalized spacial score (nSPS) is 18.8. The molecule has 104 valence electrons. The molecule has 0 saturated carbocycles. The first-order chi connectivity index (χ1) is 9.54. The maximum absolute atomic E-state index is 12.1. The van der Waals surface area contributed by atoms with E-state index in [2.05, 4.69) is 16.7 Å². The predicted octanol–water partition coefficient (Wildman–Crippen LogP) is 4.05. The van der Waals surface area contributed by atoms with Gasteiger partial charge >= 0.3 is 0 Å². The van der Waals surface area contributed by atoms with Crippen LogP contribution in [0.5, 0.6) is 0 Å². The molecule has 1 aromatic carbocycles. The number of hydrogen-bond acceptors (Lipinski definition) is 3. The molecule has 2 atom stereocenters. The third kappa shape index (κ3) is 2.46. The van der Waals surface area contributed by atoms with Crippen LogP contribution in [0.3, 0.4) is 0 Å². The fourth-order valence-corrected chi connectivity index (χ4v) is 3.51. The standard InChI is InChI=1S/C15H15ClN2OS/c1-8-3-4-11-10(7-8)14(15(19)18-11)17-9(2)12-5-6-13(16)20-12/h3-7,9,14,17H,1-2H3,(H,18,19). The first-order valence-corrected chi connectivity index (χ1v) is 7.67. The first kappa shape index (κ1) is 13.6. The predicted molar refractivity (Wildman–Crippen MR) is 83.4 cm³/mol. The average molecular weight is 307 g/mol. The Labute approximate surface area is 127 Å². The smallest absolute Gasteiger partial charge is 0.246 e. The second kappa shape index (κ2) is 5.20. The van der Waals surface area contributed by atoms with E-state index in [1.54, 1.807) is 0 Å². The van der Waals surface area contributed by atoms with Crippen LogP contribution in [0.15, 0.2) is 30.3 Å². The van der Waals surface area contributed by atoms with Gasteiger partial charge in [0.15, 0.2) is 0 Å². The monoisotopic (exact) mass is 306 g/mol. The van der Waals surface area contributed by atoms with E-state index in [1.165, 1.54) is 11.3 Å². The van der Waals surface area contributed by atoms with Crippen LogP contribution in [-0.4, -0.2) is 5.91 Å². The Kier molecular flexibility index (Phi) is 3.54. The number of amides is 1. The summed E-state index contributed by atoms with van der Waals surface area (Å²) in [5.74, 6) is 0.0000954. The average Bonchev–Trinajstić information content (AvgIpc) is 2.95. The molecular formula is C15H15ClN2OS. The Morgan fingerprint density at radius 3 is 2.85 bits per heavy atom. The summed E-state index contributed by atoms with van der Waals surface area (Å²) in [5, 5.41) is 6.29. The minimum atomic E-state index is -0.305. The summed E-state index contributed by atoms with van der Waals surface area (Å²) in [4.78, 5) is 13.2. The van der Waals surface area contributed by atoms with Gasteiger partial charge in [-0.25, -0.2) is 0 Å². The molecule has 2 N–H and O–H groups in total. The molecule has 1 aliphatic rings. The van der Waals surface area contributed by atoms with Crippen molar-refractivity contribution in [3.8, 4) is 0 Å². The van der Waals surface area contributed by atoms with Gasteiger partial charge in [0.25, 0.3) is 0 Å². The van der Waals surface area contributed by atoms with Gasteiger partial charge in [-0.1, -0.05) is 29.3 Å². The van der Waals surface area contributed by atoms with E-state index < -0.39 is 0 Å². The van der Waals surface area contributed by atoms with Crippen molar-refractivity contribution in [3.05, 3.63) is 50.7 Å². The van der Waals surface area contributed by atoms with Crippen molar-refractivity contribution in [2.24, 2.45) is 0 Å². The van der Waals surface area contributed by atoms with Gasteiger partial charge in [-0.2, -0.15) is 0 Å². The van der Waals surface area contributed by atoms with Gasteiger partial charge in [-0.3, -0.25) is 10.1 Å². The van der Waals surface area contributed by atoms with Gasteiger partial charge in [0.2, 0.25) is 5.91 Å². The van der Waals surface area contributed by atoms with Gasteiger partial charge in [-0.15, -0.1) is 11.3 Å². The van der Waals surface area contributed by atoms with Gasteiger partial charge in [0.1, 0.15) is 6.04 Å². The molecule has 20 heavy (non-hydrogen) atoms. The second-order valence-electron chi connectivity index (χ2n) is 5.04. The van der Waals surface area contributed by atoms with Crippen LogP contribution in [0, 0.1) is 6.92 Å². The number of anilines is 1. The van der Waals surface area contributed by atoms with Gasteiger partial charge in [-0.05, 0) is 32.0 Å². The van der Waals surface area contributed by atoms with Crippen LogP contribution in [0.1, 0.15) is 35.0 Å². The number of aryl methyl sites for hydroxylation is 1. The minimum Gasteiger partial charge on any atom is -0.324 e. The number of rotatable bonds is 3. The van der Waals surface area contributed by atoms with E-state index in [0.717, 1.165) is 26.0 Å². The summed E-state index contributed by atoms with van der Waals surface area (Å²) in [6.07, 6.45) is 0. The van der Waals surface area contributed by atoms with E-state index >= 15 is 0 Å². The van der Waals surface area contributed by atoms with Crippen molar-refractivity contribution in [1.29, 1.82) is 0 Å². The topological polar surface area (TPSA) is 41.1 Å². The lowest BCUT2D eigenvalue weighted by molar-refractivity contribution is -0.117. The first-order valence-electron chi connectivity index (χ1n) is 6.47. The minimum absolute atomic E-state index is 0.0000954. The lowest BCUT2D eigenvalue weighted by atomic mass is 10.0. The number of hydrogen-bond donors (Lipinski definition) is 2. The third-order valence-corrected chi connectivity index (χ3v) is 4.89. The molecule has 1 aromatic heterocycles. The molecule has 1 aliphatic heterocycles. The number of benzene rings is 1. The van der Waals surface area contributed by atoms with Gasteiger partial charge < -0.3 is 5.32 Å². The number of nitrogens with one attached hydrogen (secondary N) is 2. The molecule has 0 fully saturated rings. The number of carbonyl (C=O) groups excluding carboxylic acids is 1. The molecule has 0 spiro atoms. The molecule has 0 aliphatic carbocycles. The van der Waals surface area contributed by atoms with Crippen LogP contribution < -0.4 is 10.6 Å². The van der Waals surface area contributed by atoms with Crippen LogP contribution in [0.4, 0.5) is 5.69 Å². The Balaban J connectivity index is 1.85. The maximum Gasteiger partial charge on any atom is 0.246 e. The highest BCUT2D eigenvalue weighted by Gasteiger charge is 2.31. The Morgan fingerprint density at radius 1 is 1.35 bits per heavy atom. The van der Waals surface area contributed by atoms with Crippen molar-refractivity contribution in [3.63, 3.8) is 0 Å².